The number of aryl methyl sites for hydroxylation is 2. The van der Waals surface area contributed by atoms with Crippen LogP contribution in [0.2, 0.25) is 0 Å². The van der Waals surface area contributed by atoms with Gasteiger partial charge in [0.25, 0.3) is 0 Å². The van der Waals surface area contributed by atoms with Crippen molar-refractivity contribution in [2.24, 2.45) is 0 Å². The third-order valence-electron chi connectivity index (χ3n) is 3.93. The van der Waals surface area contributed by atoms with E-state index < -0.39 is 11.1 Å². The summed E-state index contributed by atoms with van der Waals surface area (Å²) in [6, 6.07) is 15.9. The van der Waals surface area contributed by atoms with E-state index in [-0.39, 0.29) is 0 Å². The second-order valence-electron chi connectivity index (χ2n) is 5.73. The molecule has 0 aliphatic carbocycles. The lowest BCUT2D eigenvalue weighted by Crippen LogP contribution is -2.14. The van der Waals surface area contributed by atoms with E-state index in [4.69, 9.17) is 37.4 Å². The van der Waals surface area contributed by atoms with Gasteiger partial charge in [-0.3, -0.25) is 0 Å². The summed E-state index contributed by atoms with van der Waals surface area (Å²) in [7, 11) is 3.31. The van der Waals surface area contributed by atoms with Crippen LogP contribution in [0, 0.1) is 0 Å². The number of alkyl halides is 2. The highest BCUT2D eigenvalue weighted by molar-refractivity contribution is 6.21. The first-order valence-electron chi connectivity index (χ1n) is 8.30. The minimum Gasteiger partial charge on any atom is -0.497 e. The van der Waals surface area contributed by atoms with Crippen LogP contribution in [-0.2, 0) is 17.6 Å². The Hall–Kier alpha value is -1.42. The standard InChI is InChI=1S/C20H24Cl2O3/c1-23-17-9-3-15(4-10-17)7-13-19(21)25-20(22)14-8-16-5-11-18(24-2)12-6-16/h3-6,9-12,19-20H,7-8,13-14H2,1-2H3. The summed E-state index contributed by atoms with van der Waals surface area (Å²) in [4.78, 5) is 0. The molecule has 2 rings (SSSR count). The molecule has 0 saturated carbocycles. The Morgan fingerprint density at radius 2 is 1.04 bits per heavy atom. The van der Waals surface area contributed by atoms with Gasteiger partial charge in [0.15, 0.2) is 0 Å². The lowest BCUT2D eigenvalue weighted by atomic mass is 10.1. The lowest BCUT2D eigenvalue weighted by molar-refractivity contribution is 0.0726. The summed E-state index contributed by atoms with van der Waals surface area (Å²) < 4.78 is 16.0. The zero-order valence-electron chi connectivity index (χ0n) is 14.6. The normalized spacial score (nSPS) is 13.3. The summed E-state index contributed by atoms with van der Waals surface area (Å²) >= 11 is 12.5. The highest BCUT2D eigenvalue weighted by Gasteiger charge is 2.12. The van der Waals surface area contributed by atoms with Gasteiger partial charge in [0, 0.05) is 0 Å². The van der Waals surface area contributed by atoms with Gasteiger partial charge in [-0.05, 0) is 61.1 Å². The molecule has 2 aromatic carbocycles. The Kier molecular flexibility index (Phi) is 8.39. The molecule has 0 aliphatic rings. The smallest absolute Gasteiger partial charge is 0.133 e. The molecular formula is C20H24Cl2O3. The van der Waals surface area contributed by atoms with Crippen molar-refractivity contribution in [3.8, 4) is 11.5 Å². The number of rotatable bonds is 10. The van der Waals surface area contributed by atoms with Crippen molar-refractivity contribution in [2.45, 2.75) is 36.8 Å². The van der Waals surface area contributed by atoms with Crippen LogP contribution >= 0.6 is 23.2 Å². The summed E-state index contributed by atoms with van der Waals surface area (Å²) in [5.41, 5.74) is 1.58. The van der Waals surface area contributed by atoms with Crippen molar-refractivity contribution in [2.75, 3.05) is 14.2 Å². The summed E-state index contributed by atoms with van der Waals surface area (Å²) in [6.07, 6.45) is 3.08. The van der Waals surface area contributed by atoms with Gasteiger partial charge in [-0.1, -0.05) is 47.5 Å². The van der Waals surface area contributed by atoms with Gasteiger partial charge in [-0.25, -0.2) is 0 Å². The molecule has 0 radical (unpaired) electrons. The third kappa shape index (κ3) is 7.15. The summed E-state index contributed by atoms with van der Waals surface area (Å²) in [5, 5.41) is 0. The van der Waals surface area contributed by atoms with Crippen LogP contribution in [0.5, 0.6) is 11.5 Å². The largest absolute Gasteiger partial charge is 0.497 e. The molecule has 0 heterocycles. The second-order valence-corrected chi connectivity index (χ2v) is 6.70. The maximum absolute atomic E-state index is 6.26. The van der Waals surface area contributed by atoms with E-state index in [1.807, 2.05) is 48.5 Å². The van der Waals surface area contributed by atoms with E-state index in [0.29, 0.717) is 12.8 Å². The zero-order chi connectivity index (χ0) is 18.1. The topological polar surface area (TPSA) is 27.7 Å². The molecule has 5 heteroatoms. The Bertz CT molecular complexity index is 558. The van der Waals surface area contributed by atoms with Crippen molar-refractivity contribution >= 4 is 23.2 Å². The molecule has 136 valence electrons. The molecule has 0 N–H and O–H groups in total. The predicted octanol–water partition coefficient (Wildman–Crippen LogP) is 5.42. The van der Waals surface area contributed by atoms with E-state index >= 15 is 0 Å². The van der Waals surface area contributed by atoms with E-state index in [1.165, 1.54) is 11.1 Å². The quantitative estimate of drug-likeness (QED) is 0.513. The lowest BCUT2D eigenvalue weighted by Gasteiger charge is -2.16. The van der Waals surface area contributed by atoms with Gasteiger partial charge in [-0.15, -0.1) is 0 Å². The van der Waals surface area contributed by atoms with E-state index in [9.17, 15) is 0 Å². The number of benzene rings is 2. The molecule has 2 unspecified atom stereocenters. The van der Waals surface area contributed by atoms with Gasteiger partial charge in [0.1, 0.15) is 22.6 Å². The Morgan fingerprint density at radius 1 is 0.680 bits per heavy atom. The van der Waals surface area contributed by atoms with Crippen molar-refractivity contribution in [1.29, 1.82) is 0 Å². The first kappa shape index (κ1) is 19.9. The number of ether oxygens (including phenoxy) is 3. The van der Waals surface area contributed by atoms with Crippen LogP contribution in [0.4, 0.5) is 0 Å². The highest BCUT2D eigenvalue weighted by atomic mass is 35.5. The Balaban J connectivity index is 1.68. The summed E-state index contributed by atoms with van der Waals surface area (Å²) in [5.74, 6) is 1.70. The average molecular weight is 383 g/mol. The fraction of sp³-hybridized carbons (Fsp3) is 0.400. The van der Waals surface area contributed by atoms with Crippen LogP contribution in [0.15, 0.2) is 48.5 Å². The van der Waals surface area contributed by atoms with Gasteiger partial charge in [0.2, 0.25) is 0 Å². The molecule has 0 bridgehead atoms. The van der Waals surface area contributed by atoms with Crippen LogP contribution in [-0.4, -0.2) is 25.3 Å². The number of hydrogen-bond donors (Lipinski definition) is 0. The minimum atomic E-state index is -0.402. The maximum Gasteiger partial charge on any atom is 0.133 e. The number of methoxy groups -OCH3 is 2. The van der Waals surface area contributed by atoms with Gasteiger partial charge >= 0.3 is 0 Å². The summed E-state index contributed by atoms with van der Waals surface area (Å²) in [6.45, 7) is 0. The zero-order valence-corrected chi connectivity index (χ0v) is 16.1. The molecule has 2 aromatic rings. The molecular weight excluding hydrogens is 359 g/mol. The van der Waals surface area contributed by atoms with E-state index in [0.717, 1.165) is 24.3 Å². The SMILES string of the molecule is COc1ccc(CCC(Cl)OC(Cl)CCc2ccc(OC)cc2)cc1. The molecule has 25 heavy (non-hydrogen) atoms. The molecule has 0 amide bonds. The Labute approximate surface area is 159 Å². The first-order chi connectivity index (χ1) is 12.1. The van der Waals surface area contributed by atoms with E-state index in [1.54, 1.807) is 14.2 Å². The molecule has 0 fully saturated rings. The maximum atomic E-state index is 6.26. The second kappa shape index (κ2) is 10.5. The molecule has 0 aromatic heterocycles. The van der Waals surface area contributed by atoms with Crippen molar-refractivity contribution in [1.82, 2.24) is 0 Å². The van der Waals surface area contributed by atoms with Crippen LogP contribution < -0.4 is 9.47 Å². The molecule has 3 nitrogen and oxygen atoms in total. The first-order valence-corrected chi connectivity index (χ1v) is 9.17. The van der Waals surface area contributed by atoms with Crippen LogP contribution in [0.3, 0.4) is 0 Å². The molecule has 0 aliphatic heterocycles. The van der Waals surface area contributed by atoms with E-state index in [2.05, 4.69) is 0 Å². The van der Waals surface area contributed by atoms with Gasteiger partial charge in [-0.2, -0.15) is 0 Å². The fourth-order valence-corrected chi connectivity index (χ4v) is 2.96. The monoisotopic (exact) mass is 382 g/mol. The number of halogens is 2. The van der Waals surface area contributed by atoms with Crippen molar-refractivity contribution in [3.63, 3.8) is 0 Å². The minimum absolute atomic E-state index is 0.402. The molecule has 0 spiro atoms. The van der Waals surface area contributed by atoms with Gasteiger partial charge in [0.05, 0.1) is 14.2 Å². The van der Waals surface area contributed by atoms with Crippen LogP contribution in [0.1, 0.15) is 24.0 Å². The van der Waals surface area contributed by atoms with Crippen LogP contribution in [0.25, 0.3) is 0 Å². The molecule has 0 saturated heterocycles. The van der Waals surface area contributed by atoms with Crippen molar-refractivity contribution in [3.05, 3.63) is 59.7 Å². The highest BCUT2D eigenvalue weighted by Crippen LogP contribution is 2.20. The molecule has 2 atom stereocenters. The third-order valence-corrected chi connectivity index (χ3v) is 4.58. The van der Waals surface area contributed by atoms with Gasteiger partial charge < -0.3 is 14.2 Å². The average Bonchev–Trinajstić information content (AvgIpc) is 2.65. The fourth-order valence-electron chi connectivity index (χ4n) is 2.44. The predicted molar refractivity (Wildman–Crippen MR) is 103 cm³/mol. The number of hydrogen-bond acceptors (Lipinski definition) is 3. The van der Waals surface area contributed by atoms with Crippen molar-refractivity contribution < 1.29 is 14.2 Å². The Morgan fingerprint density at radius 3 is 1.36 bits per heavy atom.